The summed E-state index contributed by atoms with van der Waals surface area (Å²) in [5.74, 6) is 1.77. The number of carbonyl (C=O) groups excluding carboxylic acids is 1. The lowest BCUT2D eigenvalue weighted by Gasteiger charge is -2.34. The molecule has 2 rings (SSSR count). The van der Waals surface area contributed by atoms with Crippen LogP contribution in [0, 0.1) is 24.7 Å². The molecule has 0 aromatic heterocycles. The first kappa shape index (κ1) is 15.2. The summed E-state index contributed by atoms with van der Waals surface area (Å²) in [5, 5.41) is 0. The van der Waals surface area contributed by atoms with E-state index in [4.69, 9.17) is 0 Å². The minimum atomic E-state index is 0.223. The zero-order chi connectivity index (χ0) is 14.7. The highest BCUT2D eigenvalue weighted by Crippen LogP contribution is 2.31. The molecule has 1 aromatic carbocycles. The van der Waals surface area contributed by atoms with Crippen LogP contribution < -0.4 is 0 Å². The third-order valence-corrected chi connectivity index (χ3v) is 4.47. The maximum absolute atomic E-state index is 12.2. The average Bonchev–Trinajstić information content (AvgIpc) is 2.33. The van der Waals surface area contributed by atoms with Gasteiger partial charge in [-0.25, -0.2) is 0 Å². The van der Waals surface area contributed by atoms with Crippen LogP contribution in [0.3, 0.4) is 0 Å². The fourth-order valence-electron chi connectivity index (χ4n) is 3.50. The summed E-state index contributed by atoms with van der Waals surface area (Å²) in [6.45, 7) is 8.37. The van der Waals surface area contributed by atoms with Crippen LogP contribution in [-0.2, 0) is 11.3 Å². The van der Waals surface area contributed by atoms with Crippen LogP contribution in [0.25, 0.3) is 0 Å². The second kappa shape index (κ2) is 6.53. The molecule has 0 aliphatic heterocycles. The molecule has 1 saturated carbocycles. The number of carbonyl (C=O) groups is 1. The topological polar surface area (TPSA) is 20.3 Å². The van der Waals surface area contributed by atoms with Gasteiger partial charge in [0.05, 0.1) is 0 Å². The van der Waals surface area contributed by atoms with E-state index in [1.165, 1.54) is 17.5 Å². The maximum atomic E-state index is 12.2. The second-order valence-corrected chi connectivity index (χ2v) is 6.78. The summed E-state index contributed by atoms with van der Waals surface area (Å²) in [7, 11) is 2.13. The molecule has 3 atom stereocenters. The summed E-state index contributed by atoms with van der Waals surface area (Å²) >= 11 is 0. The maximum Gasteiger partial charge on any atom is 0.137 e. The van der Waals surface area contributed by atoms with Crippen LogP contribution in [0.2, 0.25) is 0 Å². The molecule has 20 heavy (non-hydrogen) atoms. The molecule has 0 N–H and O–H groups in total. The third-order valence-electron chi connectivity index (χ3n) is 4.47. The van der Waals surface area contributed by atoms with Crippen molar-refractivity contribution < 1.29 is 4.79 Å². The molecule has 0 bridgehead atoms. The van der Waals surface area contributed by atoms with Gasteiger partial charge in [0.15, 0.2) is 0 Å². The Morgan fingerprint density at radius 1 is 1.30 bits per heavy atom. The number of hydrogen-bond donors (Lipinski definition) is 0. The van der Waals surface area contributed by atoms with E-state index in [1.807, 2.05) is 0 Å². The number of rotatable bonds is 4. The summed E-state index contributed by atoms with van der Waals surface area (Å²) in [5.41, 5.74) is 2.63. The van der Waals surface area contributed by atoms with Crippen molar-refractivity contribution in [2.45, 2.75) is 40.2 Å². The van der Waals surface area contributed by atoms with Gasteiger partial charge in [-0.2, -0.15) is 0 Å². The molecule has 1 aromatic rings. The number of benzene rings is 1. The van der Waals surface area contributed by atoms with E-state index in [2.05, 4.69) is 57.0 Å². The normalized spacial score (nSPS) is 27.1. The van der Waals surface area contributed by atoms with Crippen molar-refractivity contribution in [3.8, 4) is 0 Å². The molecule has 3 unspecified atom stereocenters. The number of ketones is 1. The molecule has 0 heterocycles. The molecule has 1 aliphatic rings. The van der Waals surface area contributed by atoms with Crippen molar-refractivity contribution in [3.63, 3.8) is 0 Å². The van der Waals surface area contributed by atoms with Gasteiger partial charge in [-0.3, -0.25) is 4.79 Å². The predicted molar refractivity (Wildman–Crippen MR) is 83.6 cm³/mol. The highest BCUT2D eigenvalue weighted by molar-refractivity contribution is 5.82. The zero-order valence-corrected chi connectivity index (χ0v) is 13.2. The highest BCUT2D eigenvalue weighted by Gasteiger charge is 2.32. The van der Waals surface area contributed by atoms with E-state index in [0.717, 1.165) is 19.5 Å². The van der Waals surface area contributed by atoms with E-state index >= 15 is 0 Å². The predicted octanol–water partition coefficient (Wildman–Crippen LogP) is 3.68. The van der Waals surface area contributed by atoms with Crippen molar-refractivity contribution in [1.29, 1.82) is 0 Å². The van der Waals surface area contributed by atoms with Crippen LogP contribution in [0.1, 0.15) is 37.8 Å². The van der Waals surface area contributed by atoms with E-state index in [9.17, 15) is 4.79 Å². The Balaban J connectivity index is 1.94. The summed E-state index contributed by atoms with van der Waals surface area (Å²) in [4.78, 5) is 14.5. The number of hydrogen-bond acceptors (Lipinski definition) is 2. The lowest BCUT2D eigenvalue weighted by Crippen LogP contribution is -2.38. The van der Waals surface area contributed by atoms with Gasteiger partial charge < -0.3 is 4.90 Å². The summed E-state index contributed by atoms with van der Waals surface area (Å²) < 4.78 is 0. The number of nitrogens with zero attached hydrogens (tertiary/aromatic N) is 1. The van der Waals surface area contributed by atoms with Crippen molar-refractivity contribution in [2.24, 2.45) is 17.8 Å². The molecule has 110 valence electrons. The monoisotopic (exact) mass is 273 g/mol. The fraction of sp³-hybridized carbons (Fsp3) is 0.611. The van der Waals surface area contributed by atoms with Gasteiger partial charge in [0.2, 0.25) is 0 Å². The van der Waals surface area contributed by atoms with Crippen molar-refractivity contribution in [3.05, 3.63) is 35.4 Å². The van der Waals surface area contributed by atoms with Gasteiger partial charge >= 0.3 is 0 Å². The number of aryl methyl sites for hydroxylation is 1. The smallest absolute Gasteiger partial charge is 0.137 e. The first-order chi connectivity index (χ1) is 9.45. The second-order valence-electron chi connectivity index (χ2n) is 6.78. The Kier molecular flexibility index (Phi) is 4.98. The fourth-order valence-corrected chi connectivity index (χ4v) is 3.50. The molecule has 0 radical (unpaired) electrons. The van der Waals surface area contributed by atoms with Crippen LogP contribution in [0.5, 0.6) is 0 Å². The molecular weight excluding hydrogens is 246 g/mol. The third kappa shape index (κ3) is 3.92. The Hall–Kier alpha value is -1.15. The lowest BCUT2D eigenvalue weighted by atomic mass is 9.74. The van der Waals surface area contributed by atoms with Gasteiger partial charge in [-0.1, -0.05) is 43.7 Å². The summed E-state index contributed by atoms with van der Waals surface area (Å²) in [6, 6.07) is 8.62. The SMILES string of the molecule is Cc1cccc(CN(C)CC2C(=O)CC(C)CC2C)c1. The minimum Gasteiger partial charge on any atom is -0.301 e. The van der Waals surface area contributed by atoms with Crippen molar-refractivity contribution in [2.75, 3.05) is 13.6 Å². The average molecular weight is 273 g/mol. The van der Waals surface area contributed by atoms with Crippen molar-refractivity contribution in [1.82, 2.24) is 4.90 Å². The molecule has 0 spiro atoms. The van der Waals surface area contributed by atoms with E-state index in [-0.39, 0.29) is 5.92 Å². The molecule has 2 nitrogen and oxygen atoms in total. The summed E-state index contributed by atoms with van der Waals surface area (Å²) in [6.07, 6.45) is 1.96. The quantitative estimate of drug-likeness (QED) is 0.834. The van der Waals surface area contributed by atoms with Gasteiger partial charge in [-0.05, 0) is 37.8 Å². The Morgan fingerprint density at radius 2 is 2.05 bits per heavy atom. The van der Waals surface area contributed by atoms with Gasteiger partial charge in [0.25, 0.3) is 0 Å². The van der Waals surface area contributed by atoms with Crippen LogP contribution in [-0.4, -0.2) is 24.3 Å². The molecule has 0 amide bonds. The highest BCUT2D eigenvalue weighted by atomic mass is 16.1. The zero-order valence-electron chi connectivity index (χ0n) is 13.2. The molecule has 2 heteroatoms. The van der Waals surface area contributed by atoms with Crippen LogP contribution in [0.15, 0.2) is 24.3 Å². The van der Waals surface area contributed by atoms with Gasteiger partial charge in [0, 0.05) is 25.4 Å². The van der Waals surface area contributed by atoms with Gasteiger partial charge in [-0.15, -0.1) is 0 Å². The van der Waals surface area contributed by atoms with E-state index in [0.29, 0.717) is 17.6 Å². The first-order valence-corrected chi connectivity index (χ1v) is 7.72. The van der Waals surface area contributed by atoms with Crippen LogP contribution >= 0.6 is 0 Å². The standard InChI is InChI=1S/C18H27NO/c1-13-6-5-7-16(9-13)11-19(4)12-17-15(3)8-14(2)10-18(17)20/h5-7,9,14-15,17H,8,10-12H2,1-4H3. The largest absolute Gasteiger partial charge is 0.301 e. The minimum absolute atomic E-state index is 0.223. The number of Topliss-reactive ketones (excluding diaryl/α,β-unsaturated/α-hetero) is 1. The Bertz CT molecular complexity index is 468. The first-order valence-electron chi connectivity index (χ1n) is 7.72. The van der Waals surface area contributed by atoms with E-state index < -0.39 is 0 Å². The molecular formula is C18H27NO. The lowest BCUT2D eigenvalue weighted by molar-refractivity contribution is -0.128. The molecule has 0 saturated heterocycles. The molecule has 1 aliphatic carbocycles. The van der Waals surface area contributed by atoms with Crippen molar-refractivity contribution >= 4 is 5.78 Å². The Morgan fingerprint density at radius 3 is 2.70 bits per heavy atom. The van der Waals surface area contributed by atoms with Crippen LogP contribution in [0.4, 0.5) is 0 Å². The molecule has 1 fully saturated rings. The van der Waals surface area contributed by atoms with Gasteiger partial charge in [0.1, 0.15) is 5.78 Å². The Labute approximate surface area is 123 Å². The van der Waals surface area contributed by atoms with E-state index in [1.54, 1.807) is 0 Å².